The smallest absolute Gasteiger partial charge is 0.122 e. The lowest BCUT2D eigenvalue weighted by atomic mass is 10.0. The minimum atomic E-state index is 0.106. The van der Waals surface area contributed by atoms with Crippen LogP contribution in [0.25, 0.3) is 10.8 Å². The van der Waals surface area contributed by atoms with Crippen LogP contribution in [0.1, 0.15) is 11.1 Å². The highest BCUT2D eigenvalue weighted by Crippen LogP contribution is 2.20. The fourth-order valence-electron chi connectivity index (χ4n) is 2.61. The van der Waals surface area contributed by atoms with E-state index < -0.39 is 0 Å². The van der Waals surface area contributed by atoms with Crippen LogP contribution in [0.2, 0.25) is 0 Å². The van der Waals surface area contributed by atoms with Crippen LogP contribution in [0.3, 0.4) is 0 Å². The highest BCUT2D eigenvalue weighted by Gasteiger charge is 2.04. The predicted octanol–water partition coefficient (Wildman–Crippen LogP) is 3.76. The zero-order chi connectivity index (χ0) is 15.5. The predicted molar refractivity (Wildman–Crippen MR) is 93.5 cm³/mol. The zero-order valence-electron chi connectivity index (χ0n) is 12.6. The van der Waals surface area contributed by atoms with Gasteiger partial charge in [0.05, 0.1) is 0 Å². The first-order chi connectivity index (χ1) is 10.6. The summed E-state index contributed by atoms with van der Waals surface area (Å²) in [6, 6.07) is 22.7. The summed E-state index contributed by atoms with van der Waals surface area (Å²) < 4.78 is 0. The van der Waals surface area contributed by atoms with Gasteiger partial charge in [-0.2, -0.15) is 0 Å². The molecule has 0 fully saturated rings. The van der Waals surface area contributed by atoms with Crippen LogP contribution in [0.15, 0.2) is 66.7 Å². The molecule has 0 saturated carbocycles. The van der Waals surface area contributed by atoms with Crippen molar-refractivity contribution in [3.05, 3.63) is 77.9 Å². The van der Waals surface area contributed by atoms with Crippen LogP contribution in [0.4, 0.5) is 5.69 Å². The Morgan fingerprint density at radius 2 is 1.64 bits per heavy atom. The number of rotatable bonds is 4. The zero-order valence-corrected chi connectivity index (χ0v) is 12.6. The molecule has 0 atom stereocenters. The fourth-order valence-corrected chi connectivity index (χ4v) is 2.61. The van der Waals surface area contributed by atoms with Gasteiger partial charge in [0, 0.05) is 24.8 Å². The average Bonchev–Trinajstić information content (AvgIpc) is 2.55. The second-order valence-electron chi connectivity index (χ2n) is 5.50. The Labute approximate surface area is 130 Å². The first kappa shape index (κ1) is 14.1. The summed E-state index contributed by atoms with van der Waals surface area (Å²) in [4.78, 5) is 2.23. The number of hydrogen-bond donors (Lipinski definition) is 2. The van der Waals surface area contributed by atoms with E-state index in [4.69, 9.17) is 11.1 Å². The molecule has 0 radical (unpaired) electrons. The Morgan fingerprint density at radius 1 is 0.955 bits per heavy atom. The normalized spacial score (nSPS) is 10.6. The van der Waals surface area contributed by atoms with E-state index in [9.17, 15) is 0 Å². The number of anilines is 1. The van der Waals surface area contributed by atoms with E-state index in [1.54, 1.807) is 0 Å². The van der Waals surface area contributed by atoms with E-state index >= 15 is 0 Å². The van der Waals surface area contributed by atoms with E-state index in [2.05, 4.69) is 54.4 Å². The number of benzene rings is 3. The number of hydrogen-bond acceptors (Lipinski definition) is 2. The van der Waals surface area contributed by atoms with Crippen LogP contribution in [0, 0.1) is 5.41 Å². The van der Waals surface area contributed by atoms with E-state index in [0.29, 0.717) is 0 Å². The maximum Gasteiger partial charge on any atom is 0.122 e. The summed E-state index contributed by atoms with van der Waals surface area (Å²) in [6.45, 7) is 0.856. The number of amidine groups is 1. The Kier molecular flexibility index (Phi) is 3.79. The van der Waals surface area contributed by atoms with Gasteiger partial charge in [0.25, 0.3) is 0 Å². The SMILES string of the molecule is CN(Cc1ccc2cc(C(=N)N)ccc2c1)c1ccccc1. The quantitative estimate of drug-likeness (QED) is 0.567. The minimum Gasteiger partial charge on any atom is -0.384 e. The molecule has 3 N–H and O–H groups in total. The van der Waals surface area contributed by atoms with Gasteiger partial charge in [-0.1, -0.05) is 42.5 Å². The molecular weight excluding hydrogens is 270 g/mol. The molecule has 0 bridgehead atoms. The lowest BCUT2D eigenvalue weighted by molar-refractivity contribution is 0.925. The second kappa shape index (κ2) is 5.90. The van der Waals surface area contributed by atoms with Gasteiger partial charge in [-0.05, 0) is 40.6 Å². The number of nitrogen functional groups attached to an aromatic ring is 1. The van der Waals surface area contributed by atoms with Gasteiger partial charge >= 0.3 is 0 Å². The summed E-state index contributed by atoms with van der Waals surface area (Å²) in [5, 5.41) is 9.79. The molecule has 0 unspecified atom stereocenters. The Hall–Kier alpha value is -2.81. The highest BCUT2D eigenvalue weighted by atomic mass is 15.1. The minimum absolute atomic E-state index is 0.106. The fraction of sp³-hybridized carbons (Fsp3) is 0.105. The van der Waals surface area contributed by atoms with Gasteiger partial charge in [0.1, 0.15) is 5.84 Å². The largest absolute Gasteiger partial charge is 0.384 e. The van der Waals surface area contributed by atoms with Gasteiger partial charge in [0.15, 0.2) is 0 Å². The third-order valence-electron chi connectivity index (χ3n) is 3.83. The van der Waals surface area contributed by atoms with Crippen LogP contribution >= 0.6 is 0 Å². The highest BCUT2D eigenvalue weighted by molar-refractivity contribution is 5.99. The first-order valence-corrected chi connectivity index (χ1v) is 7.27. The molecule has 110 valence electrons. The van der Waals surface area contributed by atoms with Crippen LogP contribution in [0.5, 0.6) is 0 Å². The molecule has 0 aliphatic carbocycles. The molecule has 0 aromatic heterocycles. The van der Waals surface area contributed by atoms with Gasteiger partial charge in [-0.3, -0.25) is 5.41 Å². The number of nitrogens with one attached hydrogen (secondary N) is 1. The first-order valence-electron chi connectivity index (χ1n) is 7.27. The molecule has 22 heavy (non-hydrogen) atoms. The van der Waals surface area contributed by atoms with Crippen molar-refractivity contribution in [2.24, 2.45) is 5.73 Å². The Bertz CT molecular complexity index is 809. The molecule has 3 nitrogen and oxygen atoms in total. The molecule has 0 aliphatic heterocycles. The van der Waals surface area contributed by atoms with Gasteiger partial charge in [0.2, 0.25) is 0 Å². The molecule has 3 aromatic rings. The molecule has 0 amide bonds. The third kappa shape index (κ3) is 2.93. The third-order valence-corrected chi connectivity index (χ3v) is 3.83. The van der Waals surface area contributed by atoms with Gasteiger partial charge < -0.3 is 10.6 Å². The number of fused-ring (bicyclic) bond motifs is 1. The molecule has 3 aromatic carbocycles. The Morgan fingerprint density at radius 3 is 2.36 bits per heavy atom. The maximum absolute atomic E-state index is 7.51. The van der Waals surface area contributed by atoms with Crippen molar-refractivity contribution in [2.45, 2.75) is 6.54 Å². The summed E-state index contributed by atoms with van der Waals surface area (Å²) in [7, 11) is 2.10. The molecular formula is C19H19N3. The van der Waals surface area contributed by atoms with Crippen molar-refractivity contribution in [3.8, 4) is 0 Å². The standard InChI is InChI=1S/C19H19N3/c1-22(18-5-3-2-4-6-18)13-14-7-8-16-12-17(19(20)21)10-9-15(16)11-14/h2-12H,13H2,1H3,(H3,20,21). The molecule has 0 aliphatic rings. The van der Waals surface area contributed by atoms with E-state index in [0.717, 1.165) is 17.5 Å². The van der Waals surface area contributed by atoms with E-state index in [1.807, 2.05) is 24.3 Å². The Balaban J connectivity index is 1.86. The summed E-state index contributed by atoms with van der Waals surface area (Å²) >= 11 is 0. The monoisotopic (exact) mass is 289 g/mol. The summed E-state index contributed by atoms with van der Waals surface area (Å²) in [5.41, 5.74) is 8.77. The van der Waals surface area contributed by atoms with Crippen molar-refractivity contribution in [2.75, 3.05) is 11.9 Å². The summed E-state index contributed by atoms with van der Waals surface area (Å²) in [6.07, 6.45) is 0. The molecule has 0 saturated heterocycles. The molecule has 3 rings (SSSR count). The van der Waals surface area contributed by atoms with Crippen LogP contribution < -0.4 is 10.6 Å². The second-order valence-corrected chi connectivity index (χ2v) is 5.50. The van der Waals surface area contributed by atoms with Crippen molar-refractivity contribution in [3.63, 3.8) is 0 Å². The average molecular weight is 289 g/mol. The van der Waals surface area contributed by atoms with Crippen molar-refractivity contribution in [1.29, 1.82) is 5.41 Å². The summed E-state index contributed by atoms with van der Waals surface area (Å²) in [5.74, 6) is 0.106. The maximum atomic E-state index is 7.51. The van der Waals surface area contributed by atoms with Crippen LogP contribution in [-0.4, -0.2) is 12.9 Å². The topological polar surface area (TPSA) is 53.1 Å². The lowest BCUT2D eigenvalue weighted by Crippen LogP contribution is -2.16. The molecule has 0 spiro atoms. The molecule has 3 heteroatoms. The number of nitrogens with zero attached hydrogens (tertiary/aromatic N) is 1. The number of nitrogens with two attached hydrogens (primary N) is 1. The van der Waals surface area contributed by atoms with E-state index in [1.165, 1.54) is 16.6 Å². The van der Waals surface area contributed by atoms with Crippen molar-refractivity contribution in [1.82, 2.24) is 0 Å². The van der Waals surface area contributed by atoms with E-state index in [-0.39, 0.29) is 5.84 Å². The molecule has 0 heterocycles. The van der Waals surface area contributed by atoms with Crippen molar-refractivity contribution >= 4 is 22.3 Å². The number of para-hydroxylation sites is 1. The lowest BCUT2D eigenvalue weighted by Gasteiger charge is -2.19. The van der Waals surface area contributed by atoms with Gasteiger partial charge in [-0.15, -0.1) is 0 Å². The van der Waals surface area contributed by atoms with Crippen molar-refractivity contribution < 1.29 is 0 Å². The van der Waals surface area contributed by atoms with Crippen LogP contribution in [-0.2, 0) is 6.54 Å². The van der Waals surface area contributed by atoms with Gasteiger partial charge in [-0.25, -0.2) is 0 Å².